The smallest absolute Gasteiger partial charge is 0.253 e. The van der Waals surface area contributed by atoms with Gasteiger partial charge in [-0.15, -0.1) is 0 Å². The molecule has 1 aromatic heterocycles. The van der Waals surface area contributed by atoms with E-state index in [0.29, 0.717) is 5.56 Å². The van der Waals surface area contributed by atoms with Crippen LogP contribution in [0.25, 0.3) is 0 Å². The number of aliphatic hydroxyl groups is 1. The van der Waals surface area contributed by atoms with Gasteiger partial charge in [0.1, 0.15) is 6.54 Å². The number of nitrogens with one attached hydrogen (secondary N) is 1. The van der Waals surface area contributed by atoms with Crippen LogP contribution in [-0.2, 0) is 11.3 Å². The van der Waals surface area contributed by atoms with Crippen molar-refractivity contribution in [3.63, 3.8) is 0 Å². The second kappa shape index (κ2) is 5.46. The monoisotopic (exact) mass is 224 g/mol. The lowest BCUT2D eigenvalue weighted by Gasteiger charge is -2.08. The first-order valence-corrected chi connectivity index (χ1v) is 5.11. The third-order valence-electron chi connectivity index (χ3n) is 2.12. The summed E-state index contributed by atoms with van der Waals surface area (Å²) in [5.74, 6) is -0.284. The first-order chi connectivity index (χ1) is 7.50. The number of nitrogens with zero attached hydrogens (tertiary/aromatic N) is 1. The highest BCUT2D eigenvalue weighted by molar-refractivity contribution is 5.75. The van der Waals surface area contributed by atoms with Crippen molar-refractivity contribution >= 4 is 5.91 Å². The highest BCUT2D eigenvalue weighted by Crippen LogP contribution is 1.89. The summed E-state index contributed by atoms with van der Waals surface area (Å²) >= 11 is 0. The maximum atomic E-state index is 11.6. The molecule has 0 aromatic carbocycles. The highest BCUT2D eigenvalue weighted by Gasteiger charge is 2.05. The number of aryl methyl sites for hydroxylation is 1. The number of amides is 1. The quantitative estimate of drug-likeness (QED) is 0.734. The van der Waals surface area contributed by atoms with E-state index in [9.17, 15) is 9.59 Å². The van der Waals surface area contributed by atoms with E-state index in [4.69, 9.17) is 5.11 Å². The van der Waals surface area contributed by atoms with Crippen LogP contribution in [0.2, 0.25) is 0 Å². The van der Waals surface area contributed by atoms with Crippen molar-refractivity contribution in [1.29, 1.82) is 0 Å². The molecule has 0 fully saturated rings. The van der Waals surface area contributed by atoms with Crippen molar-refractivity contribution in [2.24, 2.45) is 0 Å². The van der Waals surface area contributed by atoms with Crippen LogP contribution < -0.4 is 10.9 Å². The molecule has 5 nitrogen and oxygen atoms in total. The first-order valence-electron chi connectivity index (χ1n) is 5.11. The summed E-state index contributed by atoms with van der Waals surface area (Å²) in [5, 5.41) is 11.5. The van der Waals surface area contributed by atoms with Gasteiger partial charge in [0.15, 0.2) is 0 Å². The van der Waals surface area contributed by atoms with Crippen LogP contribution in [0.5, 0.6) is 0 Å². The number of aliphatic hydroxyl groups excluding tert-OH is 1. The van der Waals surface area contributed by atoms with Gasteiger partial charge in [0.25, 0.3) is 5.56 Å². The fourth-order valence-electron chi connectivity index (χ4n) is 1.25. The molecule has 0 radical (unpaired) electrons. The van der Waals surface area contributed by atoms with Gasteiger partial charge in [-0.05, 0) is 19.9 Å². The van der Waals surface area contributed by atoms with E-state index in [1.165, 1.54) is 4.57 Å². The average molecular weight is 224 g/mol. The van der Waals surface area contributed by atoms with Crippen LogP contribution >= 0.6 is 0 Å². The molecule has 1 aromatic rings. The largest absolute Gasteiger partial charge is 0.392 e. The Balaban J connectivity index is 2.63. The molecule has 1 unspecified atom stereocenters. The van der Waals surface area contributed by atoms with Gasteiger partial charge in [-0.2, -0.15) is 0 Å². The van der Waals surface area contributed by atoms with Gasteiger partial charge in [-0.25, -0.2) is 0 Å². The number of carbonyl (C=O) groups excluding carboxylic acids is 1. The fraction of sp³-hybridized carbons (Fsp3) is 0.455. The normalized spacial score (nSPS) is 12.2. The van der Waals surface area contributed by atoms with Gasteiger partial charge in [-0.3, -0.25) is 9.59 Å². The van der Waals surface area contributed by atoms with Crippen molar-refractivity contribution in [2.75, 3.05) is 6.54 Å². The summed E-state index contributed by atoms with van der Waals surface area (Å²) in [6.07, 6.45) is 0.982. The molecule has 0 aliphatic carbocycles. The van der Waals surface area contributed by atoms with Gasteiger partial charge < -0.3 is 15.0 Å². The summed E-state index contributed by atoms with van der Waals surface area (Å²) in [5.41, 5.74) is 0.431. The minimum absolute atomic E-state index is 0.0206. The Bertz CT molecular complexity index is 423. The zero-order valence-electron chi connectivity index (χ0n) is 9.43. The van der Waals surface area contributed by atoms with Crippen LogP contribution in [0.3, 0.4) is 0 Å². The van der Waals surface area contributed by atoms with Crippen molar-refractivity contribution in [3.8, 4) is 0 Å². The molecule has 0 bridgehead atoms. The minimum atomic E-state index is -0.585. The highest BCUT2D eigenvalue weighted by atomic mass is 16.3. The minimum Gasteiger partial charge on any atom is -0.392 e. The molecule has 2 N–H and O–H groups in total. The molecular formula is C11H16N2O3. The first kappa shape index (κ1) is 12.4. The third kappa shape index (κ3) is 3.51. The molecule has 1 rings (SSSR count). The Hall–Kier alpha value is -1.62. The molecule has 1 atom stereocenters. The lowest BCUT2D eigenvalue weighted by molar-refractivity contribution is -0.122. The molecule has 0 spiro atoms. The summed E-state index contributed by atoms with van der Waals surface area (Å²) in [6.45, 7) is 3.46. The van der Waals surface area contributed by atoms with Crippen LogP contribution in [-0.4, -0.2) is 28.2 Å². The summed E-state index contributed by atoms with van der Waals surface area (Å²) in [4.78, 5) is 23.0. The number of hydrogen-bond acceptors (Lipinski definition) is 3. The molecule has 0 aliphatic rings. The van der Waals surface area contributed by atoms with E-state index >= 15 is 0 Å². The Kier molecular flexibility index (Phi) is 4.25. The lowest BCUT2D eigenvalue weighted by Crippen LogP contribution is -2.36. The molecular weight excluding hydrogens is 208 g/mol. The van der Waals surface area contributed by atoms with Crippen LogP contribution in [0.4, 0.5) is 0 Å². The Labute approximate surface area is 93.7 Å². The van der Waals surface area contributed by atoms with E-state index < -0.39 is 6.10 Å². The average Bonchev–Trinajstić information content (AvgIpc) is 2.22. The molecule has 0 saturated heterocycles. The number of aromatic nitrogens is 1. The molecule has 1 heterocycles. The summed E-state index contributed by atoms with van der Waals surface area (Å²) in [6, 6.07) is 3.42. The second-order valence-corrected chi connectivity index (χ2v) is 3.78. The number of rotatable bonds is 4. The zero-order valence-corrected chi connectivity index (χ0v) is 9.43. The third-order valence-corrected chi connectivity index (χ3v) is 2.12. The van der Waals surface area contributed by atoms with Crippen molar-refractivity contribution in [1.82, 2.24) is 9.88 Å². The van der Waals surface area contributed by atoms with Gasteiger partial charge in [0.2, 0.25) is 5.91 Å². The van der Waals surface area contributed by atoms with Gasteiger partial charge in [0.05, 0.1) is 6.10 Å². The molecule has 5 heteroatoms. The molecule has 0 aliphatic heterocycles. The predicted molar refractivity (Wildman–Crippen MR) is 60.1 cm³/mol. The van der Waals surface area contributed by atoms with Crippen molar-refractivity contribution in [2.45, 2.75) is 26.5 Å². The van der Waals surface area contributed by atoms with Gasteiger partial charge in [-0.1, -0.05) is 6.07 Å². The van der Waals surface area contributed by atoms with Crippen molar-refractivity contribution < 1.29 is 9.90 Å². The van der Waals surface area contributed by atoms with Gasteiger partial charge >= 0.3 is 0 Å². The standard InChI is InChI=1S/C11H16N2O3/c1-8-4-3-5-13(11(8)16)7-10(15)12-6-9(2)14/h3-5,9,14H,6-7H2,1-2H3,(H,12,15). The van der Waals surface area contributed by atoms with Crippen molar-refractivity contribution in [3.05, 3.63) is 34.2 Å². The molecule has 88 valence electrons. The summed E-state index contributed by atoms with van der Waals surface area (Å²) in [7, 11) is 0. The topological polar surface area (TPSA) is 71.3 Å². The molecule has 1 amide bonds. The van der Waals surface area contributed by atoms with E-state index in [0.717, 1.165) is 0 Å². The maximum Gasteiger partial charge on any atom is 0.253 e. The van der Waals surface area contributed by atoms with E-state index in [1.807, 2.05) is 0 Å². The maximum absolute atomic E-state index is 11.6. The Morgan fingerprint density at radius 3 is 2.94 bits per heavy atom. The Morgan fingerprint density at radius 1 is 1.62 bits per heavy atom. The second-order valence-electron chi connectivity index (χ2n) is 3.78. The zero-order chi connectivity index (χ0) is 12.1. The number of hydrogen-bond donors (Lipinski definition) is 2. The van der Waals surface area contributed by atoms with E-state index in [-0.39, 0.29) is 24.6 Å². The lowest BCUT2D eigenvalue weighted by atomic mass is 10.3. The van der Waals surface area contributed by atoms with Crippen LogP contribution in [0.15, 0.2) is 23.1 Å². The Morgan fingerprint density at radius 2 is 2.31 bits per heavy atom. The number of carbonyl (C=O) groups is 1. The predicted octanol–water partition coefficient (Wildman–Crippen LogP) is -0.346. The van der Waals surface area contributed by atoms with Crippen LogP contribution in [0, 0.1) is 6.92 Å². The van der Waals surface area contributed by atoms with Gasteiger partial charge in [0, 0.05) is 18.3 Å². The summed E-state index contributed by atoms with van der Waals surface area (Å²) < 4.78 is 1.34. The number of pyridine rings is 1. The van der Waals surface area contributed by atoms with Crippen LogP contribution in [0.1, 0.15) is 12.5 Å². The van der Waals surface area contributed by atoms with E-state index in [2.05, 4.69) is 5.32 Å². The fourth-order valence-corrected chi connectivity index (χ4v) is 1.25. The SMILES string of the molecule is Cc1cccn(CC(=O)NCC(C)O)c1=O. The molecule has 0 saturated carbocycles. The molecule has 16 heavy (non-hydrogen) atoms. The van der Waals surface area contributed by atoms with E-state index in [1.54, 1.807) is 32.2 Å².